The fourth-order valence-corrected chi connectivity index (χ4v) is 2.87. The summed E-state index contributed by atoms with van der Waals surface area (Å²) < 4.78 is 29.5. The minimum absolute atomic E-state index is 0.220. The van der Waals surface area contributed by atoms with Gasteiger partial charge in [-0.05, 0) is 24.6 Å². The highest BCUT2D eigenvalue weighted by atomic mass is 35.5. The highest BCUT2D eigenvalue weighted by molar-refractivity contribution is 7.88. The van der Waals surface area contributed by atoms with Crippen LogP contribution in [0.15, 0.2) is 18.2 Å². The molecule has 124 valence electrons. The van der Waals surface area contributed by atoms with E-state index in [-0.39, 0.29) is 6.54 Å². The van der Waals surface area contributed by atoms with Gasteiger partial charge >= 0.3 is 0 Å². The number of benzene rings is 1. The van der Waals surface area contributed by atoms with Crippen molar-refractivity contribution in [2.45, 2.75) is 19.8 Å². The number of rotatable bonds is 8. The summed E-state index contributed by atoms with van der Waals surface area (Å²) in [5.74, 6) is 0.0862. The zero-order valence-electron chi connectivity index (χ0n) is 12.9. The zero-order chi connectivity index (χ0) is 16.8. The Balaban J connectivity index is 2.73. The van der Waals surface area contributed by atoms with E-state index >= 15 is 0 Å². The predicted octanol–water partition coefficient (Wildman–Crippen LogP) is 2.35. The molecule has 0 fully saturated rings. The molecule has 0 aliphatic carbocycles. The number of carbonyl (C=O) groups is 1. The largest absolute Gasteiger partial charge is 0.495 e. The Morgan fingerprint density at radius 3 is 2.59 bits per heavy atom. The molecule has 1 N–H and O–H groups in total. The van der Waals surface area contributed by atoms with Gasteiger partial charge in [-0.3, -0.25) is 4.79 Å². The predicted molar refractivity (Wildman–Crippen MR) is 88.0 cm³/mol. The van der Waals surface area contributed by atoms with Gasteiger partial charge in [0, 0.05) is 12.2 Å². The van der Waals surface area contributed by atoms with Crippen LogP contribution in [0.1, 0.15) is 19.8 Å². The van der Waals surface area contributed by atoms with Crippen LogP contribution in [-0.4, -0.2) is 45.1 Å². The van der Waals surface area contributed by atoms with Crippen LogP contribution >= 0.6 is 11.6 Å². The summed E-state index contributed by atoms with van der Waals surface area (Å²) in [6, 6.07) is 4.82. The second-order valence-electron chi connectivity index (χ2n) is 4.85. The number of nitrogens with one attached hydrogen (secondary N) is 1. The van der Waals surface area contributed by atoms with Crippen LogP contribution in [-0.2, 0) is 14.8 Å². The molecule has 0 saturated carbocycles. The quantitative estimate of drug-likeness (QED) is 0.782. The molecule has 0 atom stereocenters. The van der Waals surface area contributed by atoms with Crippen LogP contribution in [0.5, 0.6) is 5.75 Å². The summed E-state index contributed by atoms with van der Waals surface area (Å²) in [5.41, 5.74) is 0.486. The third-order valence-electron chi connectivity index (χ3n) is 2.99. The number of nitrogens with zero attached hydrogens (tertiary/aromatic N) is 1. The molecule has 0 unspecified atom stereocenters. The molecule has 0 saturated heterocycles. The lowest BCUT2D eigenvalue weighted by Crippen LogP contribution is -2.38. The molecule has 1 rings (SSSR count). The van der Waals surface area contributed by atoms with Gasteiger partial charge in [0.1, 0.15) is 5.75 Å². The van der Waals surface area contributed by atoms with E-state index in [0.29, 0.717) is 29.4 Å². The summed E-state index contributed by atoms with van der Waals surface area (Å²) in [7, 11) is -1.92. The Morgan fingerprint density at radius 1 is 1.41 bits per heavy atom. The van der Waals surface area contributed by atoms with Gasteiger partial charge < -0.3 is 10.1 Å². The maximum Gasteiger partial charge on any atom is 0.239 e. The van der Waals surface area contributed by atoms with Crippen molar-refractivity contribution in [3.05, 3.63) is 23.2 Å². The normalized spacial score (nSPS) is 11.5. The first-order valence-corrected chi connectivity index (χ1v) is 9.09. The molecule has 0 aliphatic heterocycles. The maximum atomic E-state index is 12.0. The SMILES string of the molecule is CCCCN(CC(=O)Nc1ccc(OC)c(Cl)c1)S(C)(=O)=O. The molecular formula is C14H21ClN2O4S. The van der Waals surface area contributed by atoms with Gasteiger partial charge in [0.05, 0.1) is 24.9 Å². The fourth-order valence-electron chi connectivity index (χ4n) is 1.80. The lowest BCUT2D eigenvalue weighted by molar-refractivity contribution is -0.116. The topological polar surface area (TPSA) is 75.7 Å². The standard InChI is InChI=1S/C14H21ClN2O4S/c1-4-5-8-17(22(3,19)20)10-14(18)16-11-6-7-13(21-2)12(15)9-11/h6-7,9H,4-5,8,10H2,1-3H3,(H,16,18). The van der Waals surface area contributed by atoms with Gasteiger partial charge in [0.2, 0.25) is 15.9 Å². The van der Waals surface area contributed by atoms with E-state index in [1.807, 2.05) is 6.92 Å². The second kappa shape index (κ2) is 8.36. The third-order valence-corrected chi connectivity index (χ3v) is 4.53. The summed E-state index contributed by atoms with van der Waals surface area (Å²) in [4.78, 5) is 12.0. The number of amides is 1. The van der Waals surface area contributed by atoms with Crippen molar-refractivity contribution in [3.8, 4) is 5.75 Å². The van der Waals surface area contributed by atoms with Crippen LogP contribution in [0.2, 0.25) is 5.02 Å². The molecular weight excluding hydrogens is 328 g/mol. The number of sulfonamides is 1. The van der Waals surface area contributed by atoms with Crippen LogP contribution in [0.3, 0.4) is 0 Å². The number of ether oxygens (including phenoxy) is 1. The number of anilines is 1. The summed E-state index contributed by atoms with van der Waals surface area (Å²) in [5, 5.41) is 2.99. The van der Waals surface area contributed by atoms with Gasteiger partial charge in [-0.1, -0.05) is 24.9 Å². The molecule has 0 spiro atoms. The molecule has 0 aliphatic rings. The summed E-state index contributed by atoms with van der Waals surface area (Å²) in [6.07, 6.45) is 2.65. The van der Waals surface area contributed by atoms with Gasteiger partial charge in [-0.2, -0.15) is 4.31 Å². The minimum atomic E-state index is -3.42. The second-order valence-corrected chi connectivity index (χ2v) is 7.24. The lowest BCUT2D eigenvalue weighted by atomic mass is 10.3. The van der Waals surface area contributed by atoms with Crippen molar-refractivity contribution in [2.24, 2.45) is 0 Å². The first kappa shape index (κ1) is 18.7. The molecule has 0 radical (unpaired) electrons. The molecule has 0 heterocycles. The molecule has 1 aromatic rings. The molecule has 1 amide bonds. The summed E-state index contributed by atoms with van der Waals surface area (Å²) >= 11 is 5.98. The van der Waals surface area contributed by atoms with Crippen LogP contribution in [0, 0.1) is 0 Å². The highest BCUT2D eigenvalue weighted by Gasteiger charge is 2.19. The van der Waals surface area contributed by atoms with E-state index in [1.165, 1.54) is 7.11 Å². The van der Waals surface area contributed by atoms with Gasteiger partial charge in [-0.15, -0.1) is 0 Å². The Labute approximate surface area is 136 Å². The van der Waals surface area contributed by atoms with Crippen molar-refractivity contribution in [1.29, 1.82) is 0 Å². The van der Waals surface area contributed by atoms with E-state index in [9.17, 15) is 13.2 Å². The number of halogens is 1. The Bertz CT molecular complexity index is 619. The number of hydrogen-bond acceptors (Lipinski definition) is 4. The monoisotopic (exact) mass is 348 g/mol. The molecule has 22 heavy (non-hydrogen) atoms. The summed E-state index contributed by atoms with van der Waals surface area (Å²) in [6.45, 7) is 2.06. The zero-order valence-corrected chi connectivity index (χ0v) is 14.5. The molecule has 8 heteroatoms. The van der Waals surface area contributed by atoms with Crippen molar-refractivity contribution in [1.82, 2.24) is 4.31 Å². The highest BCUT2D eigenvalue weighted by Crippen LogP contribution is 2.27. The number of hydrogen-bond donors (Lipinski definition) is 1. The Morgan fingerprint density at radius 2 is 2.09 bits per heavy atom. The van der Waals surface area contributed by atoms with Crippen LogP contribution in [0.25, 0.3) is 0 Å². The van der Waals surface area contributed by atoms with Crippen LogP contribution < -0.4 is 10.1 Å². The molecule has 0 aromatic heterocycles. The fraction of sp³-hybridized carbons (Fsp3) is 0.500. The third kappa shape index (κ3) is 5.82. The molecule has 6 nitrogen and oxygen atoms in total. The van der Waals surface area contributed by atoms with Gasteiger partial charge in [0.15, 0.2) is 0 Å². The van der Waals surface area contributed by atoms with E-state index in [4.69, 9.17) is 16.3 Å². The first-order chi connectivity index (χ1) is 10.3. The van der Waals surface area contributed by atoms with Gasteiger partial charge in [-0.25, -0.2) is 8.42 Å². The van der Waals surface area contributed by atoms with E-state index in [1.54, 1.807) is 18.2 Å². The average Bonchev–Trinajstić information content (AvgIpc) is 2.42. The smallest absolute Gasteiger partial charge is 0.239 e. The van der Waals surface area contributed by atoms with Crippen molar-refractivity contribution >= 4 is 33.2 Å². The molecule has 1 aromatic carbocycles. The first-order valence-electron chi connectivity index (χ1n) is 6.86. The average molecular weight is 349 g/mol. The maximum absolute atomic E-state index is 12.0. The van der Waals surface area contributed by atoms with Crippen LogP contribution in [0.4, 0.5) is 5.69 Å². The number of carbonyl (C=O) groups excluding carboxylic acids is 1. The van der Waals surface area contributed by atoms with Crippen molar-refractivity contribution in [3.63, 3.8) is 0 Å². The number of unbranched alkanes of at least 4 members (excludes halogenated alkanes) is 1. The Hall–Kier alpha value is -1.31. The van der Waals surface area contributed by atoms with Gasteiger partial charge in [0.25, 0.3) is 0 Å². The lowest BCUT2D eigenvalue weighted by Gasteiger charge is -2.19. The minimum Gasteiger partial charge on any atom is -0.495 e. The van der Waals surface area contributed by atoms with E-state index in [0.717, 1.165) is 17.0 Å². The van der Waals surface area contributed by atoms with E-state index < -0.39 is 15.9 Å². The Kier molecular flexibility index (Phi) is 7.12. The number of methoxy groups -OCH3 is 1. The van der Waals surface area contributed by atoms with Crippen molar-refractivity contribution in [2.75, 3.05) is 31.8 Å². The molecule has 0 bridgehead atoms. The van der Waals surface area contributed by atoms with Crippen molar-refractivity contribution < 1.29 is 17.9 Å². The van der Waals surface area contributed by atoms with E-state index in [2.05, 4.69) is 5.32 Å².